The van der Waals surface area contributed by atoms with Gasteiger partial charge in [-0.15, -0.1) is 0 Å². The van der Waals surface area contributed by atoms with Gasteiger partial charge in [0.05, 0.1) is 18.2 Å². The fraction of sp³-hybridized carbons (Fsp3) is 0.636. The van der Waals surface area contributed by atoms with Crippen LogP contribution in [0.4, 0.5) is 4.79 Å². The minimum atomic E-state index is -0.206. The van der Waals surface area contributed by atoms with Crippen molar-refractivity contribution in [2.45, 2.75) is 51.2 Å². The van der Waals surface area contributed by atoms with Crippen molar-refractivity contribution in [2.75, 3.05) is 26.2 Å². The van der Waals surface area contributed by atoms with Gasteiger partial charge in [0.25, 0.3) is 5.91 Å². The van der Waals surface area contributed by atoms with Crippen molar-refractivity contribution in [1.29, 1.82) is 0 Å². The third kappa shape index (κ3) is 3.28. The van der Waals surface area contributed by atoms with E-state index in [2.05, 4.69) is 30.5 Å². The number of likely N-dealkylation sites (tertiary alicyclic amines) is 1. The van der Waals surface area contributed by atoms with Crippen molar-refractivity contribution in [3.8, 4) is 0 Å². The number of nitrogens with one attached hydrogen (secondary N) is 2. The quantitative estimate of drug-likeness (QED) is 0.819. The Labute approximate surface area is 167 Å². The average molecular weight is 386 g/mol. The number of rotatable bonds is 5. The van der Waals surface area contributed by atoms with Crippen LogP contribution in [-0.2, 0) is 4.74 Å². The molecule has 3 heterocycles. The largest absolute Gasteiger partial charge is 0.369 e. The van der Waals surface area contributed by atoms with E-state index in [0.29, 0.717) is 43.6 Å². The first-order valence-electron chi connectivity index (χ1n) is 10.5. The molecule has 0 aromatic heterocycles. The van der Waals surface area contributed by atoms with Gasteiger partial charge in [0.1, 0.15) is 0 Å². The van der Waals surface area contributed by atoms with Gasteiger partial charge in [0.15, 0.2) is 0 Å². The summed E-state index contributed by atoms with van der Waals surface area (Å²) in [4.78, 5) is 26.9. The molecule has 4 atom stereocenters. The first-order chi connectivity index (χ1) is 13.4. The van der Waals surface area contributed by atoms with Crippen molar-refractivity contribution < 1.29 is 14.3 Å². The van der Waals surface area contributed by atoms with Gasteiger partial charge in [-0.1, -0.05) is 26.0 Å². The molecule has 6 heteroatoms. The monoisotopic (exact) mass is 385 g/mol. The van der Waals surface area contributed by atoms with Gasteiger partial charge in [-0.25, -0.2) is 4.79 Å². The summed E-state index contributed by atoms with van der Waals surface area (Å²) in [6.45, 7) is 8.80. The predicted octanol–water partition coefficient (Wildman–Crippen LogP) is 2.75. The van der Waals surface area contributed by atoms with Crippen LogP contribution >= 0.6 is 0 Å². The first kappa shape index (κ1) is 19.2. The van der Waals surface area contributed by atoms with Crippen LogP contribution in [0.5, 0.6) is 0 Å². The molecule has 0 radical (unpaired) electrons. The number of benzene rings is 1. The Morgan fingerprint density at radius 1 is 1.32 bits per heavy atom. The Morgan fingerprint density at radius 3 is 2.89 bits per heavy atom. The second-order valence-corrected chi connectivity index (χ2v) is 8.74. The highest BCUT2D eigenvalue weighted by atomic mass is 16.5. The van der Waals surface area contributed by atoms with E-state index in [1.807, 2.05) is 30.0 Å². The lowest BCUT2D eigenvalue weighted by Gasteiger charge is -2.29. The molecule has 4 rings (SSSR count). The number of amides is 3. The lowest BCUT2D eigenvalue weighted by molar-refractivity contribution is 0.00555. The Bertz CT molecular complexity index is 765. The van der Waals surface area contributed by atoms with E-state index in [0.717, 1.165) is 12.8 Å². The van der Waals surface area contributed by atoms with Gasteiger partial charge < -0.3 is 20.3 Å². The van der Waals surface area contributed by atoms with Crippen LogP contribution < -0.4 is 10.6 Å². The maximum Gasteiger partial charge on any atom is 0.317 e. The molecule has 3 saturated heterocycles. The van der Waals surface area contributed by atoms with E-state index in [9.17, 15) is 9.59 Å². The fourth-order valence-corrected chi connectivity index (χ4v) is 5.23. The molecular formula is C22H31N3O3. The predicted molar refractivity (Wildman–Crippen MR) is 107 cm³/mol. The van der Waals surface area contributed by atoms with Crippen LogP contribution in [0.25, 0.3) is 0 Å². The highest BCUT2D eigenvalue weighted by Crippen LogP contribution is 2.54. The van der Waals surface area contributed by atoms with Crippen LogP contribution in [0.2, 0.25) is 0 Å². The van der Waals surface area contributed by atoms with Gasteiger partial charge in [-0.2, -0.15) is 0 Å². The summed E-state index contributed by atoms with van der Waals surface area (Å²) in [5.74, 6) is 0.935. The number of carbonyl (C=O) groups is 2. The van der Waals surface area contributed by atoms with Crippen LogP contribution in [0.3, 0.4) is 0 Å². The molecule has 6 nitrogen and oxygen atoms in total. The Morgan fingerprint density at radius 2 is 2.14 bits per heavy atom. The van der Waals surface area contributed by atoms with Crippen molar-refractivity contribution >= 4 is 11.9 Å². The summed E-state index contributed by atoms with van der Waals surface area (Å²) in [5.41, 5.74) is 1.67. The van der Waals surface area contributed by atoms with Crippen molar-refractivity contribution in [3.63, 3.8) is 0 Å². The summed E-state index contributed by atoms with van der Waals surface area (Å²) in [6.07, 6.45) is 2.23. The molecule has 2 N–H and O–H groups in total. The molecule has 3 amide bonds. The normalized spacial score (nSPS) is 30.6. The van der Waals surface area contributed by atoms with Crippen molar-refractivity contribution in [1.82, 2.24) is 15.5 Å². The number of fused-ring (bicyclic) bond motifs is 1. The molecule has 0 unspecified atom stereocenters. The molecule has 3 aliphatic rings. The van der Waals surface area contributed by atoms with Crippen molar-refractivity contribution in [2.24, 2.45) is 11.8 Å². The third-order valence-electron chi connectivity index (χ3n) is 6.71. The number of hydrogen-bond acceptors (Lipinski definition) is 3. The van der Waals surface area contributed by atoms with E-state index < -0.39 is 0 Å². The molecule has 3 fully saturated rings. The lowest BCUT2D eigenvalue weighted by Crippen LogP contribution is -2.41. The van der Waals surface area contributed by atoms with Gasteiger partial charge in [0.2, 0.25) is 0 Å². The summed E-state index contributed by atoms with van der Waals surface area (Å²) < 4.78 is 6.37. The summed E-state index contributed by atoms with van der Waals surface area (Å²) >= 11 is 0. The molecule has 1 spiro atoms. The summed E-state index contributed by atoms with van der Waals surface area (Å²) in [5, 5.41) is 6.03. The first-order valence-corrected chi connectivity index (χ1v) is 10.5. The zero-order valence-corrected chi connectivity index (χ0v) is 17.0. The van der Waals surface area contributed by atoms with E-state index in [1.54, 1.807) is 0 Å². The second kappa shape index (κ2) is 7.39. The smallest absolute Gasteiger partial charge is 0.317 e. The molecule has 0 saturated carbocycles. The fourth-order valence-electron chi connectivity index (χ4n) is 5.23. The highest BCUT2D eigenvalue weighted by Gasteiger charge is 2.63. The summed E-state index contributed by atoms with van der Waals surface area (Å²) in [7, 11) is 0. The standard InChI is InChI=1S/C22H31N3O3/c1-4-23-21(27)25-12-18-17(19-8-9-22(18,13-25)28-19)11-24-20(26)16-7-5-6-15(10-16)14(2)3/h5-7,10,14,17-19H,4,8-9,11-13H2,1-3H3,(H,23,27)(H,24,26)/t17-,18+,19+,22+/m0/s1. The molecule has 1 aromatic carbocycles. The minimum Gasteiger partial charge on any atom is -0.369 e. The zero-order chi connectivity index (χ0) is 19.9. The van der Waals surface area contributed by atoms with Crippen LogP contribution in [0.1, 0.15) is 55.5 Å². The molecule has 0 aliphatic carbocycles. The van der Waals surface area contributed by atoms with E-state index in [-0.39, 0.29) is 29.6 Å². The molecular weight excluding hydrogens is 354 g/mol. The van der Waals surface area contributed by atoms with Gasteiger partial charge in [-0.05, 0) is 43.4 Å². The Kier molecular flexibility index (Phi) is 5.08. The SMILES string of the molecule is CCNC(=O)N1C[C@@H]2[C@H](CNC(=O)c3cccc(C(C)C)c3)[C@H]3CC[C@]2(C1)O3. The number of hydrogen-bond donors (Lipinski definition) is 2. The number of ether oxygens (including phenoxy) is 1. The topological polar surface area (TPSA) is 70.7 Å². The molecule has 1 aromatic rings. The maximum atomic E-state index is 12.7. The van der Waals surface area contributed by atoms with E-state index in [1.165, 1.54) is 5.56 Å². The van der Waals surface area contributed by atoms with Gasteiger partial charge in [0, 0.05) is 37.0 Å². The summed E-state index contributed by atoms with van der Waals surface area (Å²) in [6, 6.07) is 7.84. The number of carbonyl (C=O) groups excluding carboxylic acids is 2. The van der Waals surface area contributed by atoms with E-state index in [4.69, 9.17) is 4.74 Å². The minimum absolute atomic E-state index is 0.00777. The highest BCUT2D eigenvalue weighted by molar-refractivity contribution is 5.94. The number of urea groups is 1. The Balaban J connectivity index is 1.41. The van der Waals surface area contributed by atoms with Crippen molar-refractivity contribution in [3.05, 3.63) is 35.4 Å². The van der Waals surface area contributed by atoms with Gasteiger partial charge >= 0.3 is 6.03 Å². The maximum absolute atomic E-state index is 12.7. The van der Waals surface area contributed by atoms with Crippen LogP contribution in [-0.4, -0.2) is 54.7 Å². The van der Waals surface area contributed by atoms with Gasteiger partial charge in [-0.3, -0.25) is 4.79 Å². The third-order valence-corrected chi connectivity index (χ3v) is 6.71. The molecule has 3 aliphatic heterocycles. The lowest BCUT2D eigenvalue weighted by atomic mass is 9.73. The molecule has 152 valence electrons. The Hall–Kier alpha value is -2.08. The molecule has 2 bridgehead atoms. The van der Waals surface area contributed by atoms with Crippen LogP contribution in [0.15, 0.2) is 24.3 Å². The average Bonchev–Trinajstić information content (AvgIpc) is 3.35. The number of nitrogens with zero attached hydrogens (tertiary/aromatic N) is 1. The zero-order valence-electron chi connectivity index (χ0n) is 17.0. The van der Waals surface area contributed by atoms with E-state index >= 15 is 0 Å². The van der Waals surface area contributed by atoms with Crippen LogP contribution in [0, 0.1) is 11.8 Å². The second-order valence-electron chi connectivity index (χ2n) is 8.74. The molecule has 28 heavy (non-hydrogen) atoms.